The molecule has 2 aromatic rings. The summed E-state index contributed by atoms with van der Waals surface area (Å²) >= 11 is 3.28. The van der Waals surface area contributed by atoms with E-state index in [1.54, 1.807) is 12.3 Å². The van der Waals surface area contributed by atoms with Crippen molar-refractivity contribution in [2.75, 3.05) is 0 Å². The molecule has 1 heterocycles. The molecule has 0 aliphatic carbocycles. The third-order valence-corrected chi connectivity index (χ3v) is 3.58. The van der Waals surface area contributed by atoms with Crippen LogP contribution in [0.2, 0.25) is 0 Å². The van der Waals surface area contributed by atoms with Crippen molar-refractivity contribution >= 4 is 15.9 Å². The predicted molar refractivity (Wildman–Crippen MR) is 80.4 cm³/mol. The molecule has 0 saturated heterocycles. The first-order valence-electron chi connectivity index (χ1n) is 6.42. The predicted octanol–water partition coefficient (Wildman–Crippen LogP) is 4.06. The molecule has 20 heavy (non-hydrogen) atoms. The Kier molecular flexibility index (Phi) is 5.09. The largest absolute Gasteiger partial charge is 0.438 e. The summed E-state index contributed by atoms with van der Waals surface area (Å²) < 4.78 is 19.4. The first kappa shape index (κ1) is 14.9. The summed E-state index contributed by atoms with van der Waals surface area (Å²) in [7, 11) is 0. The van der Waals surface area contributed by atoms with Gasteiger partial charge in [0.05, 0.1) is 4.47 Å². The average molecular weight is 339 g/mol. The molecule has 0 aliphatic rings. The Morgan fingerprint density at radius 1 is 1.40 bits per heavy atom. The molecule has 0 radical (unpaired) electrons. The lowest BCUT2D eigenvalue weighted by Gasteiger charge is -2.13. The summed E-state index contributed by atoms with van der Waals surface area (Å²) in [6, 6.07) is 8.13. The van der Waals surface area contributed by atoms with Crippen LogP contribution in [-0.4, -0.2) is 11.0 Å². The molecule has 0 amide bonds. The van der Waals surface area contributed by atoms with Gasteiger partial charge in [0.1, 0.15) is 11.6 Å². The number of hydrogen-bond acceptors (Lipinski definition) is 3. The number of aromatic nitrogens is 1. The molecule has 1 unspecified atom stereocenters. The van der Waals surface area contributed by atoms with Crippen molar-refractivity contribution in [2.24, 2.45) is 5.73 Å². The van der Waals surface area contributed by atoms with E-state index in [-0.39, 0.29) is 11.9 Å². The summed E-state index contributed by atoms with van der Waals surface area (Å²) in [6.45, 7) is 2.04. The van der Waals surface area contributed by atoms with Gasteiger partial charge in [-0.1, -0.05) is 13.0 Å². The molecule has 0 spiro atoms. The van der Waals surface area contributed by atoms with E-state index in [1.807, 2.05) is 19.1 Å². The second-order valence-corrected chi connectivity index (χ2v) is 5.37. The number of pyridine rings is 1. The number of ether oxygens (including phenoxy) is 1. The summed E-state index contributed by atoms with van der Waals surface area (Å²) in [5.41, 5.74) is 6.92. The lowest BCUT2D eigenvalue weighted by atomic mass is 10.1. The van der Waals surface area contributed by atoms with Gasteiger partial charge in [-0.25, -0.2) is 9.37 Å². The van der Waals surface area contributed by atoms with Crippen molar-refractivity contribution in [3.63, 3.8) is 0 Å². The van der Waals surface area contributed by atoms with Crippen LogP contribution in [0, 0.1) is 5.82 Å². The van der Waals surface area contributed by atoms with Gasteiger partial charge in [-0.2, -0.15) is 0 Å². The minimum Gasteiger partial charge on any atom is -0.438 e. The number of nitrogens with zero attached hydrogens (tertiary/aromatic N) is 1. The van der Waals surface area contributed by atoms with E-state index in [0.717, 1.165) is 12.0 Å². The van der Waals surface area contributed by atoms with E-state index >= 15 is 0 Å². The van der Waals surface area contributed by atoms with E-state index in [9.17, 15) is 4.39 Å². The van der Waals surface area contributed by atoms with Crippen LogP contribution in [0.1, 0.15) is 18.9 Å². The minimum atomic E-state index is -0.321. The van der Waals surface area contributed by atoms with E-state index in [0.29, 0.717) is 22.5 Å². The Morgan fingerprint density at radius 3 is 2.90 bits per heavy atom. The summed E-state index contributed by atoms with van der Waals surface area (Å²) in [4.78, 5) is 4.23. The number of halogens is 2. The van der Waals surface area contributed by atoms with Crippen LogP contribution in [0.5, 0.6) is 11.6 Å². The first-order valence-corrected chi connectivity index (χ1v) is 7.21. The van der Waals surface area contributed by atoms with Gasteiger partial charge in [0.2, 0.25) is 5.88 Å². The molecule has 0 aliphatic heterocycles. The standard InChI is InChI=1S/C15H16BrFN2O/c1-2-12(18)8-10-4-3-7-19-15(10)20-14-6-5-11(17)9-13(14)16/h3-7,9,12H,2,8,18H2,1H3. The summed E-state index contributed by atoms with van der Waals surface area (Å²) in [5, 5.41) is 0. The molecular formula is C15H16BrFN2O. The molecule has 2 rings (SSSR count). The fraction of sp³-hybridized carbons (Fsp3) is 0.267. The highest BCUT2D eigenvalue weighted by Gasteiger charge is 2.11. The van der Waals surface area contributed by atoms with Crippen molar-refractivity contribution in [2.45, 2.75) is 25.8 Å². The quantitative estimate of drug-likeness (QED) is 0.894. The molecule has 5 heteroatoms. The summed E-state index contributed by atoms with van der Waals surface area (Å²) in [6.07, 6.45) is 3.24. The van der Waals surface area contributed by atoms with Crippen molar-refractivity contribution in [1.82, 2.24) is 4.98 Å². The van der Waals surface area contributed by atoms with Gasteiger partial charge >= 0.3 is 0 Å². The molecule has 3 nitrogen and oxygen atoms in total. The van der Waals surface area contributed by atoms with E-state index in [2.05, 4.69) is 20.9 Å². The Balaban J connectivity index is 2.24. The number of benzene rings is 1. The Hall–Kier alpha value is -1.46. The maximum absolute atomic E-state index is 13.1. The highest BCUT2D eigenvalue weighted by Crippen LogP contribution is 2.31. The van der Waals surface area contributed by atoms with Gasteiger partial charge in [-0.3, -0.25) is 0 Å². The third kappa shape index (κ3) is 3.77. The molecule has 1 atom stereocenters. The monoisotopic (exact) mass is 338 g/mol. The lowest BCUT2D eigenvalue weighted by molar-refractivity contribution is 0.448. The fourth-order valence-corrected chi connectivity index (χ4v) is 2.19. The zero-order valence-electron chi connectivity index (χ0n) is 11.1. The molecule has 0 bridgehead atoms. The molecule has 2 N–H and O–H groups in total. The fourth-order valence-electron chi connectivity index (χ4n) is 1.76. The van der Waals surface area contributed by atoms with Crippen LogP contribution >= 0.6 is 15.9 Å². The molecule has 0 fully saturated rings. The SMILES string of the molecule is CCC(N)Cc1cccnc1Oc1ccc(F)cc1Br. The van der Waals surface area contributed by atoms with E-state index < -0.39 is 0 Å². The zero-order chi connectivity index (χ0) is 14.5. The molecule has 1 aromatic heterocycles. The van der Waals surface area contributed by atoms with Crippen LogP contribution in [0.15, 0.2) is 41.0 Å². The van der Waals surface area contributed by atoms with Crippen LogP contribution in [0.3, 0.4) is 0 Å². The van der Waals surface area contributed by atoms with Crippen LogP contribution in [0.25, 0.3) is 0 Å². The second kappa shape index (κ2) is 6.81. The van der Waals surface area contributed by atoms with E-state index in [4.69, 9.17) is 10.5 Å². The first-order chi connectivity index (χ1) is 9.60. The lowest BCUT2D eigenvalue weighted by Crippen LogP contribution is -2.21. The highest BCUT2D eigenvalue weighted by molar-refractivity contribution is 9.10. The molecular weight excluding hydrogens is 323 g/mol. The average Bonchev–Trinajstić information content (AvgIpc) is 2.43. The second-order valence-electron chi connectivity index (χ2n) is 4.52. The van der Waals surface area contributed by atoms with Gasteiger partial charge in [0.15, 0.2) is 0 Å². The van der Waals surface area contributed by atoms with Crippen molar-refractivity contribution in [3.8, 4) is 11.6 Å². The molecule has 0 saturated carbocycles. The number of nitrogens with two attached hydrogens (primary N) is 1. The third-order valence-electron chi connectivity index (χ3n) is 2.96. The van der Waals surface area contributed by atoms with Crippen molar-refractivity contribution in [3.05, 3.63) is 52.4 Å². The molecule has 106 valence electrons. The van der Waals surface area contributed by atoms with Crippen LogP contribution in [0.4, 0.5) is 4.39 Å². The summed E-state index contributed by atoms with van der Waals surface area (Å²) in [5.74, 6) is 0.707. The van der Waals surface area contributed by atoms with Gasteiger partial charge in [0, 0.05) is 17.8 Å². The minimum absolute atomic E-state index is 0.0678. The maximum atomic E-state index is 13.1. The smallest absolute Gasteiger partial charge is 0.222 e. The van der Waals surface area contributed by atoms with Gasteiger partial charge < -0.3 is 10.5 Å². The van der Waals surface area contributed by atoms with Crippen molar-refractivity contribution < 1.29 is 9.13 Å². The maximum Gasteiger partial charge on any atom is 0.222 e. The van der Waals surface area contributed by atoms with E-state index in [1.165, 1.54) is 12.1 Å². The number of rotatable bonds is 5. The van der Waals surface area contributed by atoms with Crippen molar-refractivity contribution in [1.29, 1.82) is 0 Å². The van der Waals surface area contributed by atoms with Gasteiger partial charge in [-0.05, 0) is 53.0 Å². The Bertz CT molecular complexity index is 592. The van der Waals surface area contributed by atoms with Gasteiger partial charge in [-0.15, -0.1) is 0 Å². The number of hydrogen-bond donors (Lipinski definition) is 1. The topological polar surface area (TPSA) is 48.1 Å². The Morgan fingerprint density at radius 2 is 2.20 bits per heavy atom. The normalized spacial score (nSPS) is 12.2. The van der Waals surface area contributed by atoms with Crippen LogP contribution in [-0.2, 0) is 6.42 Å². The highest BCUT2D eigenvalue weighted by atomic mass is 79.9. The van der Waals surface area contributed by atoms with Gasteiger partial charge in [0.25, 0.3) is 0 Å². The Labute approximate surface area is 126 Å². The van der Waals surface area contributed by atoms with Crippen LogP contribution < -0.4 is 10.5 Å². The molecule has 1 aromatic carbocycles. The zero-order valence-corrected chi connectivity index (χ0v) is 12.7.